The molecule has 210 valence electrons. The van der Waals surface area contributed by atoms with Gasteiger partial charge in [-0.3, -0.25) is 0 Å². The Morgan fingerprint density at radius 2 is 1.28 bits per heavy atom. The maximum absolute atomic E-state index is 10.2. The molecule has 0 aliphatic heterocycles. The Kier molecular flexibility index (Phi) is 5.85. The minimum absolute atomic E-state index is 0.0132. The zero-order valence-electron chi connectivity index (χ0n) is 25.8. The van der Waals surface area contributed by atoms with Crippen LogP contribution in [0.1, 0.15) is 76.6 Å². The maximum Gasteiger partial charge on any atom is 0.0992 e. The average Bonchev–Trinajstić information content (AvgIpc) is 3.51. The van der Waals surface area contributed by atoms with Gasteiger partial charge in [0.05, 0.1) is 39.8 Å². The van der Waals surface area contributed by atoms with Crippen molar-refractivity contribution in [2.24, 2.45) is 5.41 Å². The molecule has 0 unspecified atom stereocenters. The number of nitrogens with zero attached hydrogens (tertiary/aromatic N) is 3. The molecule has 2 heterocycles. The quantitative estimate of drug-likeness (QED) is 0.213. The molecule has 0 bridgehead atoms. The van der Waals surface area contributed by atoms with Gasteiger partial charge in [0.2, 0.25) is 0 Å². The van der Waals surface area contributed by atoms with Gasteiger partial charge in [-0.15, -0.1) is 0 Å². The molecule has 2 aromatic heterocycles. The summed E-state index contributed by atoms with van der Waals surface area (Å²) in [5.41, 5.74) is 11.6. The monoisotopic (exact) mass is 557 g/mol. The number of aromatic nitrogens is 1. The molecule has 0 radical (unpaired) electrons. The Morgan fingerprint density at radius 1 is 0.674 bits per heavy atom. The lowest BCUT2D eigenvalue weighted by molar-refractivity contribution is 0.484. The van der Waals surface area contributed by atoms with Gasteiger partial charge in [0.1, 0.15) is 0 Å². The first kappa shape index (κ1) is 27.0. The van der Waals surface area contributed by atoms with Crippen molar-refractivity contribution in [3.63, 3.8) is 0 Å². The van der Waals surface area contributed by atoms with Crippen molar-refractivity contribution in [2.75, 3.05) is 0 Å². The third-order valence-corrected chi connectivity index (χ3v) is 9.16. The first-order valence-corrected chi connectivity index (χ1v) is 15.1. The highest BCUT2D eigenvalue weighted by molar-refractivity contribution is 6.27. The summed E-state index contributed by atoms with van der Waals surface area (Å²) >= 11 is 0. The molecule has 0 saturated heterocycles. The molecule has 3 heteroatoms. The highest BCUT2D eigenvalue weighted by Gasteiger charge is 2.28. The third kappa shape index (κ3) is 4.00. The molecule has 0 spiro atoms. The Bertz CT molecular complexity index is 2260. The van der Waals surface area contributed by atoms with Gasteiger partial charge < -0.3 is 4.40 Å². The lowest BCUT2D eigenvalue weighted by Gasteiger charge is -2.28. The van der Waals surface area contributed by atoms with Crippen molar-refractivity contribution in [2.45, 2.75) is 59.8 Å². The van der Waals surface area contributed by atoms with Crippen molar-refractivity contribution in [3.8, 4) is 23.3 Å². The molecule has 0 N–H and O–H groups in total. The van der Waals surface area contributed by atoms with E-state index in [1.54, 1.807) is 0 Å². The summed E-state index contributed by atoms with van der Waals surface area (Å²) in [6, 6.07) is 28.3. The molecule has 43 heavy (non-hydrogen) atoms. The average molecular weight is 558 g/mol. The number of rotatable bonds is 2. The van der Waals surface area contributed by atoms with Crippen molar-refractivity contribution in [1.82, 2.24) is 4.40 Å². The van der Waals surface area contributed by atoms with E-state index in [4.69, 9.17) is 0 Å². The van der Waals surface area contributed by atoms with E-state index in [0.29, 0.717) is 11.1 Å². The van der Waals surface area contributed by atoms with Gasteiger partial charge in [-0.05, 0) is 75.8 Å². The summed E-state index contributed by atoms with van der Waals surface area (Å²) in [6.45, 7) is 13.6. The summed E-state index contributed by atoms with van der Waals surface area (Å²) < 4.78 is 2.31. The lowest BCUT2D eigenvalue weighted by Crippen LogP contribution is -2.13. The molecule has 0 fully saturated rings. The van der Waals surface area contributed by atoms with E-state index >= 15 is 0 Å². The summed E-state index contributed by atoms with van der Waals surface area (Å²) in [4.78, 5) is 0. The molecule has 0 saturated carbocycles. The number of allylic oxidation sites excluding steroid dienone is 4. The molecule has 3 nitrogen and oxygen atoms in total. The van der Waals surface area contributed by atoms with E-state index < -0.39 is 0 Å². The fraction of sp³-hybridized carbons (Fsp3) is 0.250. The smallest absolute Gasteiger partial charge is 0.0992 e. The first-order chi connectivity index (χ1) is 20.5. The van der Waals surface area contributed by atoms with Crippen LogP contribution in [0.15, 0.2) is 84.5 Å². The molecule has 1 aliphatic rings. The molecule has 1 aliphatic carbocycles. The van der Waals surface area contributed by atoms with Gasteiger partial charge in [-0.25, -0.2) is 0 Å². The van der Waals surface area contributed by atoms with Crippen LogP contribution < -0.4 is 0 Å². The second-order valence-electron chi connectivity index (χ2n) is 14.0. The summed E-state index contributed by atoms with van der Waals surface area (Å²) in [5, 5.41) is 25.1. The lowest BCUT2D eigenvalue weighted by atomic mass is 9.76. The molecular weight excluding hydrogens is 522 g/mol. The summed E-state index contributed by atoms with van der Waals surface area (Å²) in [7, 11) is 0. The molecule has 4 aromatic carbocycles. The minimum Gasteiger partial charge on any atom is -0.308 e. The van der Waals surface area contributed by atoms with Crippen molar-refractivity contribution in [3.05, 3.63) is 107 Å². The normalized spacial score (nSPS) is 14.3. The first-order valence-electron chi connectivity index (χ1n) is 15.1. The largest absolute Gasteiger partial charge is 0.308 e. The number of hydrogen-bond acceptors (Lipinski definition) is 2. The Labute approximate surface area is 253 Å². The number of para-hydroxylation sites is 1. The zero-order valence-corrected chi connectivity index (χ0v) is 25.8. The van der Waals surface area contributed by atoms with Crippen LogP contribution in [0.25, 0.3) is 54.8 Å². The van der Waals surface area contributed by atoms with Crippen LogP contribution in [0, 0.1) is 28.1 Å². The van der Waals surface area contributed by atoms with Crippen LogP contribution in [0.2, 0.25) is 0 Å². The second kappa shape index (κ2) is 9.32. The van der Waals surface area contributed by atoms with E-state index in [1.165, 1.54) is 32.9 Å². The van der Waals surface area contributed by atoms with Gasteiger partial charge in [0.25, 0.3) is 0 Å². The third-order valence-electron chi connectivity index (χ3n) is 9.16. The highest BCUT2D eigenvalue weighted by atomic mass is 14.9. The van der Waals surface area contributed by atoms with Crippen molar-refractivity contribution < 1.29 is 0 Å². The number of nitriles is 2. The van der Waals surface area contributed by atoms with Gasteiger partial charge >= 0.3 is 0 Å². The fourth-order valence-corrected chi connectivity index (χ4v) is 7.35. The molecule has 0 atom stereocenters. The highest BCUT2D eigenvalue weighted by Crippen LogP contribution is 2.48. The van der Waals surface area contributed by atoms with Crippen LogP contribution in [0.4, 0.5) is 0 Å². The molecule has 7 rings (SSSR count). The predicted molar refractivity (Wildman–Crippen MR) is 179 cm³/mol. The standard InChI is InChI=1S/C40H35N3/c1-39(2,3)32-16-9-7-12-26(32)30-18-24(22-41)20-34-36(30)28-14-11-15-29-37-31(27-13-8-10-17-33(27)40(4,5)6)19-25(23-42)21-35(37)43(34)38(28)29/h7-9,11-16,18-21H,10,17H2,1-6H3. The molecular formula is C40H35N3. The van der Waals surface area contributed by atoms with Crippen LogP contribution >= 0.6 is 0 Å². The second-order valence-corrected chi connectivity index (χ2v) is 14.0. The van der Waals surface area contributed by atoms with Crippen molar-refractivity contribution in [1.29, 1.82) is 10.5 Å². The SMILES string of the molecule is CC(C)(C)C1=C(c2cc(C#N)cc3c2c2cccc4c5c(-c6ccccc6C(C)(C)C)cc(C#N)cc5n3c24)C=CCC1. The van der Waals surface area contributed by atoms with Crippen LogP contribution in [-0.4, -0.2) is 4.40 Å². The van der Waals surface area contributed by atoms with Gasteiger partial charge in [-0.1, -0.05) is 102 Å². The predicted octanol–water partition coefficient (Wildman–Crippen LogP) is 10.7. The number of hydrogen-bond donors (Lipinski definition) is 0. The van der Waals surface area contributed by atoms with Crippen LogP contribution in [0.5, 0.6) is 0 Å². The van der Waals surface area contributed by atoms with E-state index in [9.17, 15) is 10.5 Å². The van der Waals surface area contributed by atoms with Crippen LogP contribution in [-0.2, 0) is 5.41 Å². The van der Waals surface area contributed by atoms with Crippen molar-refractivity contribution >= 4 is 43.7 Å². The van der Waals surface area contributed by atoms with Gasteiger partial charge in [0.15, 0.2) is 0 Å². The Balaban J connectivity index is 1.70. The van der Waals surface area contributed by atoms with Gasteiger partial charge in [-0.2, -0.15) is 10.5 Å². The van der Waals surface area contributed by atoms with Crippen LogP contribution in [0.3, 0.4) is 0 Å². The Hall–Kier alpha value is -4.86. The zero-order chi connectivity index (χ0) is 30.3. The van der Waals surface area contributed by atoms with E-state index in [-0.39, 0.29) is 10.8 Å². The fourth-order valence-electron chi connectivity index (χ4n) is 7.35. The van der Waals surface area contributed by atoms with E-state index in [2.05, 4.69) is 125 Å². The number of fused-ring (bicyclic) bond motifs is 6. The summed E-state index contributed by atoms with van der Waals surface area (Å²) in [5.74, 6) is 0. The van der Waals surface area contributed by atoms with Gasteiger partial charge in [0, 0.05) is 21.5 Å². The Morgan fingerprint density at radius 3 is 1.88 bits per heavy atom. The molecule has 6 aromatic rings. The topological polar surface area (TPSA) is 52.0 Å². The minimum atomic E-state index is -0.0681. The summed E-state index contributed by atoms with van der Waals surface area (Å²) in [6.07, 6.45) is 6.58. The van der Waals surface area contributed by atoms with E-state index in [1.807, 2.05) is 12.1 Å². The van der Waals surface area contributed by atoms with E-state index in [0.717, 1.165) is 51.5 Å². The number of benzene rings is 4. The molecule has 0 amide bonds. The maximum atomic E-state index is 10.2.